The second-order valence-electron chi connectivity index (χ2n) is 4.37. The van der Waals surface area contributed by atoms with Crippen LogP contribution in [0.4, 0.5) is 5.13 Å². The van der Waals surface area contributed by atoms with Gasteiger partial charge in [0.15, 0.2) is 5.78 Å². The zero-order valence-electron chi connectivity index (χ0n) is 12.1. The number of hydrogen-bond donors (Lipinski definition) is 1. The highest BCUT2D eigenvalue weighted by Crippen LogP contribution is 2.31. The summed E-state index contributed by atoms with van der Waals surface area (Å²) in [5, 5.41) is 4.73. The van der Waals surface area contributed by atoms with Gasteiger partial charge in [-0.05, 0) is 35.0 Å². The van der Waals surface area contributed by atoms with Gasteiger partial charge in [0.1, 0.15) is 5.75 Å². The summed E-state index contributed by atoms with van der Waals surface area (Å²) in [7, 11) is 1.60. The van der Waals surface area contributed by atoms with Crippen LogP contribution in [0.3, 0.4) is 0 Å². The topological polar surface area (TPSA) is 63.6 Å². The third-order valence-corrected chi connectivity index (χ3v) is 4.93. The molecule has 8 heteroatoms. The van der Waals surface area contributed by atoms with Crippen molar-refractivity contribution in [2.24, 2.45) is 5.10 Å². The number of nitrogens with zero attached hydrogens (tertiary/aromatic N) is 2. The summed E-state index contributed by atoms with van der Waals surface area (Å²) in [5.74, 6) is 0.693. The molecular formula is C14H13Br2N3O2S. The number of Topliss-reactive ketones (excluding diaryl/α,β-unsaturated/α-hetero) is 1. The van der Waals surface area contributed by atoms with Crippen molar-refractivity contribution >= 4 is 60.3 Å². The number of hydrogen-bond acceptors (Lipinski definition) is 6. The van der Waals surface area contributed by atoms with Crippen LogP contribution < -0.4 is 10.2 Å². The van der Waals surface area contributed by atoms with E-state index in [0.717, 1.165) is 14.5 Å². The Bertz CT molecular complexity index is 744. The number of thiazole rings is 1. The van der Waals surface area contributed by atoms with E-state index in [4.69, 9.17) is 4.74 Å². The fraction of sp³-hybridized carbons (Fsp3) is 0.214. The lowest BCUT2D eigenvalue weighted by Crippen LogP contribution is -1.95. The molecule has 116 valence electrons. The first-order valence-corrected chi connectivity index (χ1v) is 8.63. The highest BCUT2D eigenvalue weighted by Gasteiger charge is 2.11. The van der Waals surface area contributed by atoms with Crippen molar-refractivity contribution < 1.29 is 9.53 Å². The molecule has 0 fully saturated rings. The summed E-state index contributed by atoms with van der Waals surface area (Å²) in [5.41, 5.74) is 4.35. The normalized spacial score (nSPS) is 11.0. The number of methoxy groups -OCH3 is 1. The first-order valence-electron chi connectivity index (χ1n) is 6.23. The number of ketones is 1. The Kier molecular flexibility index (Phi) is 5.71. The number of carbonyl (C=O) groups excluding carboxylic acids is 1. The van der Waals surface area contributed by atoms with Crippen LogP contribution in [0.15, 0.2) is 26.2 Å². The minimum atomic E-state index is 0.00428. The van der Waals surface area contributed by atoms with Crippen molar-refractivity contribution in [1.82, 2.24) is 4.98 Å². The van der Waals surface area contributed by atoms with Crippen LogP contribution in [0.25, 0.3) is 0 Å². The van der Waals surface area contributed by atoms with E-state index in [2.05, 4.69) is 47.4 Å². The van der Waals surface area contributed by atoms with Crippen LogP contribution in [0.5, 0.6) is 5.75 Å². The predicted octanol–water partition coefficient (Wildman–Crippen LogP) is 4.63. The molecule has 0 spiro atoms. The number of carbonyl (C=O) groups is 1. The van der Waals surface area contributed by atoms with E-state index in [9.17, 15) is 4.79 Å². The van der Waals surface area contributed by atoms with Gasteiger partial charge in [-0.3, -0.25) is 10.2 Å². The monoisotopic (exact) mass is 445 g/mol. The summed E-state index contributed by atoms with van der Waals surface area (Å²) in [6.07, 6.45) is 1.64. The Morgan fingerprint density at radius 2 is 2.18 bits per heavy atom. The van der Waals surface area contributed by atoms with Crippen LogP contribution in [-0.4, -0.2) is 24.1 Å². The van der Waals surface area contributed by atoms with Gasteiger partial charge in [-0.25, -0.2) is 4.98 Å². The lowest BCUT2D eigenvalue weighted by Gasteiger charge is -2.07. The Morgan fingerprint density at radius 3 is 2.77 bits per heavy atom. The fourth-order valence-corrected chi connectivity index (χ4v) is 4.05. The molecule has 0 amide bonds. The number of halogens is 2. The van der Waals surface area contributed by atoms with Gasteiger partial charge in [-0.15, -0.1) is 0 Å². The molecule has 5 nitrogen and oxygen atoms in total. The van der Waals surface area contributed by atoms with Gasteiger partial charge < -0.3 is 4.74 Å². The number of hydrazone groups is 1. The SMILES string of the molecule is COc1c(Br)cc(Br)cc1/C=N\Nc1nc(C)c(C(C)=O)s1. The van der Waals surface area contributed by atoms with Crippen molar-refractivity contribution in [2.45, 2.75) is 13.8 Å². The Balaban J connectivity index is 2.20. The van der Waals surface area contributed by atoms with Crippen LogP contribution in [0.1, 0.15) is 27.9 Å². The molecule has 1 aromatic heterocycles. The number of anilines is 1. The van der Waals surface area contributed by atoms with Crippen molar-refractivity contribution in [3.8, 4) is 5.75 Å². The summed E-state index contributed by atoms with van der Waals surface area (Å²) >= 11 is 8.15. The minimum absolute atomic E-state index is 0.00428. The maximum absolute atomic E-state index is 11.4. The van der Waals surface area contributed by atoms with Gasteiger partial charge in [0.2, 0.25) is 5.13 Å². The largest absolute Gasteiger partial charge is 0.495 e. The number of benzene rings is 1. The van der Waals surface area contributed by atoms with Gasteiger partial charge >= 0.3 is 0 Å². The molecule has 0 aliphatic heterocycles. The maximum atomic E-state index is 11.4. The molecule has 1 aromatic carbocycles. The highest BCUT2D eigenvalue weighted by molar-refractivity contribution is 9.11. The van der Waals surface area contributed by atoms with Crippen LogP contribution in [-0.2, 0) is 0 Å². The van der Waals surface area contributed by atoms with Crippen molar-refractivity contribution in [1.29, 1.82) is 0 Å². The molecule has 1 N–H and O–H groups in total. The Labute approximate surface area is 149 Å². The predicted molar refractivity (Wildman–Crippen MR) is 96.5 cm³/mol. The van der Waals surface area contributed by atoms with Gasteiger partial charge in [0.25, 0.3) is 0 Å². The molecule has 0 aliphatic carbocycles. The van der Waals surface area contributed by atoms with E-state index >= 15 is 0 Å². The Hall–Kier alpha value is -1.25. The van der Waals surface area contributed by atoms with Crippen LogP contribution in [0.2, 0.25) is 0 Å². The van der Waals surface area contributed by atoms with Crippen molar-refractivity contribution in [3.05, 3.63) is 37.2 Å². The van der Waals surface area contributed by atoms with Gasteiger partial charge in [-0.2, -0.15) is 5.10 Å². The second kappa shape index (κ2) is 7.34. The smallest absolute Gasteiger partial charge is 0.204 e. The summed E-state index contributed by atoms with van der Waals surface area (Å²) in [6.45, 7) is 3.33. The summed E-state index contributed by atoms with van der Waals surface area (Å²) < 4.78 is 7.08. The van der Waals surface area contributed by atoms with Crippen LogP contribution in [0, 0.1) is 6.92 Å². The van der Waals surface area contributed by atoms with Crippen molar-refractivity contribution in [2.75, 3.05) is 12.5 Å². The quantitative estimate of drug-likeness (QED) is 0.413. The molecule has 0 atom stereocenters. The molecule has 2 aromatic rings. The van der Waals surface area contributed by atoms with E-state index in [1.165, 1.54) is 18.3 Å². The molecule has 0 saturated carbocycles. The third-order valence-electron chi connectivity index (χ3n) is 2.72. The third kappa shape index (κ3) is 3.93. The standard InChI is InChI=1S/C14H13Br2N3O2S/c1-7-13(8(2)20)22-14(18-7)19-17-6-9-4-10(15)5-11(16)12(9)21-3/h4-6H,1-3H3,(H,18,19)/b17-6-. The highest BCUT2D eigenvalue weighted by atomic mass is 79.9. The van der Waals surface area contributed by atoms with Gasteiger partial charge in [0, 0.05) is 17.0 Å². The zero-order valence-corrected chi connectivity index (χ0v) is 16.1. The molecular weight excluding hydrogens is 434 g/mol. The van der Waals surface area contributed by atoms with Gasteiger partial charge in [-0.1, -0.05) is 27.3 Å². The van der Waals surface area contributed by atoms with Crippen molar-refractivity contribution in [3.63, 3.8) is 0 Å². The number of nitrogens with one attached hydrogen (secondary N) is 1. The number of rotatable bonds is 5. The minimum Gasteiger partial charge on any atom is -0.495 e. The summed E-state index contributed by atoms with van der Waals surface area (Å²) in [4.78, 5) is 16.3. The lowest BCUT2D eigenvalue weighted by molar-refractivity contribution is 0.102. The van der Waals surface area contributed by atoms with E-state index in [-0.39, 0.29) is 5.78 Å². The molecule has 2 rings (SSSR count). The molecule has 1 heterocycles. The van der Waals surface area contributed by atoms with E-state index in [0.29, 0.717) is 21.5 Å². The molecule has 0 bridgehead atoms. The zero-order chi connectivity index (χ0) is 16.3. The molecule has 22 heavy (non-hydrogen) atoms. The number of ether oxygens (including phenoxy) is 1. The maximum Gasteiger partial charge on any atom is 0.204 e. The Morgan fingerprint density at radius 1 is 1.45 bits per heavy atom. The molecule has 0 radical (unpaired) electrons. The van der Waals surface area contributed by atoms with Crippen LogP contribution >= 0.6 is 43.2 Å². The lowest BCUT2D eigenvalue weighted by atomic mass is 10.2. The second-order valence-corrected chi connectivity index (χ2v) is 7.14. The molecule has 0 saturated heterocycles. The fourth-order valence-electron chi connectivity index (χ4n) is 1.82. The molecule has 0 unspecified atom stereocenters. The van der Waals surface area contributed by atoms with E-state index < -0.39 is 0 Å². The van der Waals surface area contributed by atoms with Gasteiger partial charge in [0.05, 0.1) is 28.4 Å². The number of aryl methyl sites for hydroxylation is 1. The summed E-state index contributed by atoms with van der Waals surface area (Å²) in [6, 6.07) is 3.79. The first kappa shape index (κ1) is 17.1. The van der Waals surface area contributed by atoms with E-state index in [1.807, 2.05) is 12.1 Å². The number of aromatic nitrogens is 1. The average Bonchev–Trinajstić information content (AvgIpc) is 2.79. The average molecular weight is 447 g/mol. The first-order chi connectivity index (χ1) is 10.4. The van der Waals surface area contributed by atoms with E-state index in [1.54, 1.807) is 20.2 Å². The molecule has 0 aliphatic rings.